The Morgan fingerprint density at radius 2 is 2.13 bits per heavy atom. The molecule has 0 radical (unpaired) electrons. The number of aliphatic hydroxyl groups excluding tert-OH is 1. The molecule has 0 saturated heterocycles. The summed E-state index contributed by atoms with van der Waals surface area (Å²) < 4.78 is 18.4. The third-order valence-electron chi connectivity index (χ3n) is 2.34. The second-order valence-electron chi connectivity index (χ2n) is 3.99. The van der Waals surface area contributed by atoms with Crippen LogP contribution in [0.15, 0.2) is 24.3 Å². The van der Waals surface area contributed by atoms with E-state index in [4.69, 9.17) is 4.74 Å². The summed E-state index contributed by atoms with van der Waals surface area (Å²) in [6.07, 6.45) is -0.826. The largest absolute Gasteiger partial charge is 0.385 e. The topological polar surface area (TPSA) is 29.5 Å². The number of hydrogen-bond acceptors (Lipinski definition) is 2. The Morgan fingerprint density at radius 3 is 2.67 bits per heavy atom. The molecule has 1 aromatic rings. The maximum absolute atomic E-state index is 12.9. The maximum Gasteiger partial charge on any atom is 0.123 e. The van der Waals surface area contributed by atoms with Crippen molar-refractivity contribution >= 4 is 0 Å². The summed E-state index contributed by atoms with van der Waals surface area (Å²) in [5.41, 5.74) is -0.170. The van der Waals surface area contributed by atoms with E-state index in [0.29, 0.717) is 12.2 Å². The molecule has 0 heterocycles. The molecule has 0 amide bonds. The van der Waals surface area contributed by atoms with E-state index in [0.717, 1.165) is 0 Å². The number of rotatable bonds is 4. The Balaban J connectivity index is 2.88. The molecule has 0 aliphatic carbocycles. The summed E-state index contributed by atoms with van der Waals surface area (Å²) in [6, 6.07) is 5.94. The van der Waals surface area contributed by atoms with Gasteiger partial charge in [-0.15, -0.1) is 0 Å². The van der Waals surface area contributed by atoms with Crippen LogP contribution in [0.2, 0.25) is 0 Å². The highest BCUT2D eigenvalue weighted by atomic mass is 19.1. The van der Waals surface area contributed by atoms with E-state index in [1.165, 1.54) is 12.1 Å². The van der Waals surface area contributed by atoms with Gasteiger partial charge >= 0.3 is 0 Å². The van der Waals surface area contributed by atoms with Gasteiger partial charge in [-0.25, -0.2) is 4.39 Å². The Hall–Kier alpha value is -0.930. The minimum absolute atomic E-state index is 0.348. The molecule has 0 spiro atoms. The van der Waals surface area contributed by atoms with Crippen LogP contribution in [0, 0.1) is 5.82 Å². The highest BCUT2D eigenvalue weighted by Crippen LogP contribution is 2.28. The van der Waals surface area contributed by atoms with Crippen molar-refractivity contribution in [3.63, 3.8) is 0 Å². The van der Waals surface area contributed by atoms with Crippen LogP contribution in [0.4, 0.5) is 4.39 Å². The first-order valence-corrected chi connectivity index (χ1v) is 5.05. The monoisotopic (exact) mass is 212 g/mol. The summed E-state index contributed by atoms with van der Waals surface area (Å²) in [4.78, 5) is 0. The van der Waals surface area contributed by atoms with Gasteiger partial charge in [-0.2, -0.15) is 0 Å². The fourth-order valence-electron chi connectivity index (χ4n) is 1.53. The molecule has 0 bridgehead atoms. The van der Waals surface area contributed by atoms with Gasteiger partial charge < -0.3 is 9.84 Å². The lowest BCUT2D eigenvalue weighted by atomic mass is 9.94. The third-order valence-corrected chi connectivity index (χ3v) is 2.34. The fourth-order valence-corrected chi connectivity index (χ4v) is 1.53. The molecule has 1 rings (SSSR count). The van der Waals surface area contributed by atoms with Crippen LogP contribution in [0.25, 0.3) is 0 Å². The Bertz CT molecular complexity index is 323. The normalized spacial score (nSPS) is 13.9. The number of ether oxygens (including phenoxy) is 1. The molecule has 1 unspecified atom stereocenters. The van der Waals surface area contributed by atoms with Gasteiger partial charge in [0.25, 0.3) is 0 Å². The van der Waals surface area contributed by atoms with Crippen molar-refractivity contribution in [1.82, 2.24) is 0 Å². The van der Waals surface area contributed by atoms with Crippen molar-refractivity contribution in [2.75, 3.05) is 6.61 Å². The van der Waals surface area contributed by atoms with Crippen LogP contribution in [0.3, 0.4) is 0 Å². The van der Waals surface area contributed by atoms with Crippen LogP contribution >= 0.6 is 0 Å². The fraction of sp³-hybridized carbons (Fsp3) is 0.500. The summed E-state index contributed by atoms with van der Waals surface area (Å²) in [7, 11) is 0. The lowest BCUT2D eigenvalue weighted by Crippen LogP contribution is -2.32. The molecule has 0 aromatic heterocycles. The average molecular weight is 212 g/mol. The van der Waals surface area contributed by atoms with Crippen LogP contribution in [0.1, 0.15) is 32.4 Å². The third kappa shape index (κ3) is 3.01. The van der Waals surface area contributed by atoms with Crippen LogP contribution in [-0.4, -0.2) is 17.3 Å². The molecule has 1 aromatic carbocycles. The predicted molar refractivity (Wildman–Crippen MR) is 57.1 cm³/mol. The lowest BCUT2D eigenvalue weighted by Gasteiger charge is -2.30. The number of halogens is 1. The average Bonchev–Trinajstić information content (AvgIpc) is 2.16. The van der Waals surface area contributed by atoms with Gasteiger partial charge in [-0.3, -0.25) is 0 Å². The molecule has 1 N–H and O–H groups in total. The van der Waals surface area contributed by atoms with E-state index in [2.05, 4.69) is 0 Å². The predicted octanol–water partition coefficient (Wildman–Crippen LogP) is 2.67. The number of aliphatic hydroxyl groups is 1. The maximum atomic E-state index is 12.9. The summed E-state index contributed by atoms with van der Waals surface area (Å²) in [6.45, 7) is 5.94. The van der Waals surface area contributed by atoms with E-state index in [1.54, 1.807) is 26.0 Å². The molecule has 0 fully saturated rings. The lowest BCUT2D eigenvalue weighted by molar-refractivity contribution is -0.0984. The Morgan fingerprint density at radius 1 is 1.47 bits per heavy atom. The van der Waals surface area contributed by atoms with Gasteiger partial charge in [0.2, 0.25) is 0 Å². The minimum atomic E-state index is -0.826. The highest BCUT2D eigenvalue weighted by molar-refractivity contribution is 5.20. The SMILES string of the molecule is CCOC(C)(C)C(O)c1cccc(F)c1. The van der Waals surface area contributed by atoms with Gasteiger partial charge in [-0.05, 0) is 38.5 Å². The molecule has 15 heavy (non-hydrogen) atoms. The minimum Gasteiger partial charge on any atom is -0.385 e. The molecule has 0 saturated carbocycles. The molecular weight excluding hydrogens is 195 g/mol. The molecule has 0 aliphatic heterocycles. The van der Waals surface area contributed by atoms with Gasteiger partial charge in [0.15, 0.2) is 0 Å². The van der Waals surface area contributed by atoms with Gasteiger partial charge in [-0.1, -0.05) is 12.1 Å². The first-order valence-electron chi connectivity index (χ1n) is 5.05. The van der Waals surface area contributed by atoms with Crippen LogP contribution < -0.4 is 0 Å². The highest BCUT2D eigenvalue weighted by Gasteiger charge is 2.29. The smallest absolute Gasteiger partial charge is 0.123 e. The molecule has 2 nitrogen and oxygen atoms in total. The first kappa shape index (κ1) is 12.1. The van der Waals surface area contributed by atoms with Gasteiger partial charge in [0.05, 0.1) is 5.60 Å². The van der Waals surface area contributed by atoms with Crippen molar-refractivity contribution in [2.24, 2.45) is 0 Å². The summed E-state index contributed by atoms with van der Waals surface area (Å²) >= 11 is 0. The van der Waals surface area contributed by atoms with E-state index in [1.807, 2.05) is 6.92 Å². The van der Waals surface area contributed by atoms with Crippen molar-refractivity contribution < 1.29 is 14.2 Å². The van der Waals surface area contributed by atoms with E-state index < -0.39 is 11.7 Å². The summed E-state index contributed by atoms with van der Waals surface area (Å²) in [5.74, 6) is -0.348. The number of hydrogen-bond donors (Lipinski definition) is 1. The number of benzene rings is 1. The van der Waals surface area contributed by atoms with Crippen molar-refractivity contribution in [3.8, 4) is 0 Å². The quantitative estimate of drug-likeness (QED) is 0.831. The van der Waals surface area contributed by atoms with Gasteiger partial charge in [0, 0.05) is 6.61 Å². The van der Waals surface area contributed by atoms with E-state index >= 15 is 0 Å². The van der Waals surface area contributed by atoms with Crippen LogP contribution in [-0.2, 0) is 4.74 Å². The van der Waals surface area contributed by atoms with E-state index in [9.17, 15) is 9.50 Å². The molecule has 3 heteroatoms. The van der Waals surface area contributed by atoms with Crippen molar-refractivity contribution in [1.29, 1.82) is 0 Å². The Labute approximate surface area is 89.7 Å². The second-order valence-corrected chi connectivity index (χ2v) is 3.99. The van der Waals surface area contributed by atoms with Crippen LogP contribution in [0.5, 0.6) is 0 Å². The van der Waals surface area contributed by atoms with E-state index in [-0.39, 0.29) is 5.82 Å². The van der Waals surface area contributed by atoms with Crippen molar-refractivity contribution in [2.45, 2.75) is 32.5 Å². The zero-order valence-corrected chi connectivity index (χ0v) is 9.33. The molecule has 0 aliphatic rings. The second kappa shape index (κ2) is 4.73. The first-order chi connectivity index (χ1) is 6.97. The van der Waals surface area contributed by atoms with Crippen molar-refractivity contribution in [3.05, 3.63) is 35.6 Å². The molecule has 84 valence electrons. The standard InChI is InChI=1S/C12H17FO2/c1-4-15-12(2,3)11(14)9-6-5-7-10(13)8-9/h5-8,11,14H,4H2,1-3H3. The molecule has 1 atom stereocenters. The zero-order chi connectivity index (χ0) is 11.5. The Kier molecular flexibility index (Phi) is 3.83. The van der Waals surface area contributed by atoms with Gasteiger partial charge in [0.1, 0.15) is 11.9 Å². The summed E-state index contributed by atoms with van der Waals surface area (Å²) in [5, 5.41) is 10.0. The molecular formula is C12H17FO2. The zero-order valence-electron chi connectivity index (χ0n) is 9.33.